The number of fused-ring (bicyclic) bond motifs is 1. The van der Waals surface area contributed by atoms with Crippen molar-refractivity contribution >= 4 is 38.1 Å². The quantitative estimate of drug-likeness (QED) is 0.589. The summed E-state index contributed by atoms with van der Waals surface area (Å²) in [7, 11) is 0. The average Bonchev–Trinajstić information content (AvgIpc) is 2.43. The molecule has 0 aliphatic carbocycles. The molecule has 0 N–H and O–H groups in total. The number of rotatable bonds is 1. The number of carbonyl (C=O) groups excluding carboxylic acids is 1. The third kappa shape index (κ3) is 1.53. The highest BCUT2D eigenvalue weighted by molar-refractivity contribution is 9.12. The molecule has 68 valence electrons. The summed E-state index contributed by atoms with van der Waals surface area (Å²) in [5.41, 5.74) is 1.69. The number of hydrogen-bond donors (Lipinski definition) is 0. The molecule has 1 aromatic rings. The number of halogens is 2. The Labute approximate surface area is 92.5 Å². The molecule has 0 saturated carbocycles. The Hall–Kier alpha value is -0.350. The third-order valence-corrected chi connectivity index (χ3v) is 4.34. The van der Waals surface area contributed by atoms with Crippen molar-refractivity contribution in [2.45, 2.75) is 9.84 Å². The van der Waals surface area contributed by atoms with Gasteiger partial charge < -0.3 is 4.74 Å². The number of benzene rings is 1. The monoisotopic (exact) mass is 304 g/mol. The van der Waals surface area contributed by atoms with Gasteiger partial charge in [0, 0.05) is 11.1 Å². The van der Waals surface area contributed by atoms with E-state index in [0.29, 0.717) is 5.56 Å². The van der Waals surface area contributed by atoms with Crippen molar-refractivity contribution in [1.29, 1.82) is 0 Å². The number of aldehydes is 1. The topological polar surface area (TPSA) is 26.3 Å². The van der Waals surface area contributed by atoms with Gasteiger partial charge in [0.2, 0.25) is 0 Å². The number of hydrogen-bond acceptors (Lipinski definition) is 2. The highest BCUT2D eigenvalue weighted by Crippen LogP contribution is 2.44. The summed E-state index contributed by atoms with van der Waals surface area (Å²) in [6.07, 6.45) is 0.835. The predicted molar refractivity (Wildman–Crippen MR) is 56.8 cm³/mol. The van der Waals surface area contributed by atoms with Crippen molar-refractivity contribution in [3.05, 3.63) is 29.3 Å². The average molecular weight is 306 g/mol. The largest absolute Gasteiger partial charge is 0.477 e. The number of carbonyl (C=O) groups is 1. The van der Waals surface area contributed by atoms with Crippen LogP contribution in [0.4, 0.5) is 0 Å². The fourth-order valence-corrected chi connectivity index (χ4v) is 2.24. The van der Waals surface area contributed by atoms with Gasteiger partial charge in [0.25, 0.3) is 0 Å². The highest BCUT2D eigenvalue weighted by atomic mass is 79.9. The van der Waals surface area contributed by atoms with Gasteiger partial charge in [0.05, 0.1) is 4.83 Å². The maximum Gasteiger partial charge on any atom is 0.169 e. The molecule has 1 aromatic carbocycles. The van der Waals surface area contributed by atoms with Crippen LogP contribution in [0.2, 0.25) is 0 Å². The molecule has 0 bridgehead atoms. The predicted octanol–water partition coefficient (Wildman–Crippen LogP) is 3.05. The lowest BCUT2D eigenvalue weighted by atomic mass is 10.1. The molecule has 13 heavy (non-hydrogen) atoms. The minimum atomic E-state index is -0.0515. The van der Waals surface area contributed by atoms with Gasteiger partial charge in [-0.1, -0.05) is 15.9 Å². The van der Waals surface area contributed by atoms with Gasteiger partial charge in [-0.2, -0.15) is 0 Å². The van der Waals surface area contributed by atoms with E-state index in [-0.39, 0.29) is 9.84 Å². The second-order valence-electron chi connectivity index (χ2n) is 2.79. The summed E-state index contributed by atoms with van der Waals surface area (Å²) in [5, 5.41) is -0.0515. The van der Waals surface area contributed by atoms with E-state index in [9.17, 15) is 4.79 Å². The molecule has 1 heterocycles. The van der Waals surface area contributed by atoms with Crippen molar-refractivity contribution in [3.8, 4) is 5.75 Å². The van der Waals surface area contributed by atoms with Crippen LogP contribution in [0, 0.1) is 0 Å². The first-order valence-corrected chi connectivity index (χ1v) is 5.59. The van der Waals surface area contributed by atoms with Crippen LogP contribution in [0.3, 0.4) is 0 Å². The molecule has 4 heteroatoms. The molecule has 2 rings (SSSR count). The molecule has 0 aromatic heterocycles. The Bertz CT molecular complexity index is 351. The van der Waals surface area contributed by atoms with Crippen LogP contribution in [0.25, 0.3) is 0 Å². The summed E-state index contributed by atoms with van der Waals surface area (Å²) < 4.78 is 5.47. The van der Waals surface area contributed by atoms with E-state index >= 15 is 0 Å². The van der Waals surface area contributed by atoms with Crippen LogP contribution in [0.15, 0.2) is 18.2 Å². The summed E-state index contributed by atoms with van der Waals surface area (Å²) in [5.74, 6) is 0.828. The van der Waals surface area contributed by atoms with Crippen molar-refractivity contribution in [3.63, 3.8) is 0 Å². The summed E-state index contributed by atoms with van der Waals surface area (Å²) >= 11 is 6.85. The molecule has 0 amide bonds. The van der Waals surface area contributed by atoms with E-state index in [4.69, 9.17) is 4.74 Å². The van der Waals surface area contributed by atoms with E-state index in [1.807, 2.05) is 12.1 Å². The summed E-state index contributed by atoms with van der Waals surface area (Å²) in [4.78, 5) is 10.6. The Kier molecular flexibility index (Phi) is 2.43. The summed E-state index contributed by atoms with van der Waals surface area (Å²) in [6, 6.07) is 5.40. The zero-order valence-corrected chi connectivity index (χ0v) is 9.71. The van der Waals surface area contributed by atoms with Gasteiger partial charge in [-0.3, -0.25) is 4.79 Å². The fraction of sp³-hybridized carbons (Fsp3) is 0.222. The van der Waals surface area contributed by atoms with Crippen molar-refractivity contribution in [2.24, 2.45) is 0 Å². The maximum atomic E-state index is 10.5. The van der Waals surface area contributed by atoms with Crippen molar-refractivity contribution in [2.75, 3.05) is 0 Å². The van der Waals surface area contributed by atoms with E-state index in [2.05, 4.69) is 31.9 Å². The number of alkyl halides is 2. The van der Waals surface area contributed by atoms with Crippen LogP contribution in [0.5, 0.6) is 5.75 Å². The van der Waals surface area contributed by atoms with E-state index < -0.39 is 0 Å². The van der Waals surface area contributed by atoms with Crippen LogP contribution >= 0.6 is 31.9 Å². The Balaban J connectivity index is 2.47. The minimum absolute atomic E-state index is 0.0515. The van der Waals surface area contributed by atoms with Gasteiger partial charge in [0.1, 0.15) is 12.0 Å². The molecule has 0 radical (unpaired) electrons. The lowest BCUT2D eigenvalue weighted by Crippen LogP contribution is -2.03. The van der Waals surface area contributed by atoms with Gasteiger partial charge >= 0.3 is 0 Å². The van der Waals surface area contributed by atoms with Crippen LogP contribution in [-0.2, 0) is 0 Å². The molecule has 0 fully saturated rings. The molecule has 0 saturated heterocycles. The molecule has 0 spiro atoms. The zero-order valence-electron chi connectivity index (χ0n) is 6.54. The zero-order chi connectivity index (χ0) is 9.42. The van der Waals surface area contributed by atoms with E-state index in [1.54, 1.807) is 6.07 Å². The molecule has 0 unspecified atom stereocenters. The Morgan fingerprint density at radius 1 is 1.38 bits per heavy atom. The second kappa shape index (κ2) is 3.42. The molecule has 1 aliphatic heterocycles. The Morgan fingerprint density at radius 2 is 2.15 bits per heavy atom. The van der Waals surface area contributed by atoms with Crippen LogP contribution in [0.1, 0.15) is 20.7 Å². The lowest BCUT2D eigenvalue weighted by molar-refractivity contribution is 0.112. The number of ether oxygens (including phenoxy) is 1. The molecule has 1 aliphatic rings. The minimum Gasteiger partial charge on any atom is -0.477 e. The van der Waals surface area contributed by atoms with Crippen LogP contribution < -0.4 is 4.74 Å². The first-order valence-electron chi connectivity index (χ1n) is 3.76. The normalized spacial score (nSPS) is 25.1. The van der Waals surface area contributed by atoms with Crippen molar-refractivity contribution < 1.29 is 9.53 Å². The standard InChI is InChI=1S/C9H6Br2O2/c10-8-6-3-5(4-12)1-2-7(6)13-9(8)11/h1-4,8-9H/t8-,9-/m1/s1. The van der Waals surface area contributed by atoms with Gasteiger partial charge in [-0.25, -0.2) is 0 Å². The molecule has 2 atom stereocenters. The SMILES string of the molecule is O=Cc1ccc2c(c1)[C@@H](Br)[C@H](Br)O2. The van der Waals surface area contributed by atoms with E-state index in [1.165, 1.54) is 0 Å². The highest BCUT2D eigenvalue weighted by Gasteiger charge is 2.30. The second-order valence-corrected chi connectivity index (χ2v) is 4.67. The lowest BCUT2D eigenvalue weighted by Gasteiger charge is -2.03. The maximum absolute atomic E-state index is 10.5. The van der Waals surface area contributed by atoms with E-state index in [0.717, 1.165) is 17.6 Å². The fourth-order valence-electron chi connectivity index (χ4n) is 1.29. The van der Waals surface area contributed by atoms with Crippen LogP contribution in [-0.4, -0.2) is 11.3 Å². The van der Waals surface area contributed by atoms with Crippen molar-refractivity contribution in [1.82, 2.24) is 0 Å². The Morgan fingerprint density at radius 3 is 2.85 bits per heavy atom. The molecular weight excluding hydrogens is 300 g/mol. The van der Waals surface area contributed by atoms with Gasteiger partial charge in [0.15, 0.2) is 5.01 Å². The first-order chi connectivity index (χ1) is 6.22. The smallest absolute Gasteiger partial charge is 0.169 e. The van der Waals surface area contributed by atoms with Gasteiger partial charge in [-0.15, -0.1) is 0 Å². The van der Waals surface area contributed by atoms with Gasteiger partial charge in [-0.05, 0) is 34.1 Å². The third-order valence-electron chi connectivity index (χ3n) is 1.94. The first kappa shape index (κ1) is 9.21. The summed E-state index contributed by atoms with van der Waals surface area (Å²) in [6.45, 7) is 0. The molecular formula is C9H6Br2O2. The molecule has 2 nitrogen and oxygen atoms in total.